The van der Waals surface area contributed by atoms with Crippen LogP contribution in [0.4, 0.5) is 0 Å². The quantitative estimate of drug-likeness (QED) is 0.802. The molecule has 2 atom stereocenters. The van der Waals surface area contributed by atoms with Gasteiger partial charge < -0.3 is 4.74 Å². The molecule has 3 heteroatoms. The van der Waals surface area contributed by atoms with E-state index >= 15 is 0 Å². The number of rotatable bonds is 3. The van der Waals surface area contributed by atoms with Crippen molar-refractivity contribution in [3.8, 4) is 5.88 Å². The molecule has 1 heterocycles. The van der Waals surface area contributed by atoms with Gasteiger partial charge >= 0.3 is 0 Å². The summed E-state index contributed by atoms with van der Waals surface area (Å²) in [5.41, 5.74) is 0.690. The SMILES string of the molecule is CC1C(C)(C)C1(C)COc1cc[nH]n1. The van der Waals surface area contributed by atoms with Crippen LogP contribution in [-0.4, -0.2) is 16.8 Å². The first-order valence-electron chi connectivity index (χ1n) is 5.11. The summed E-state index contributed by atoms with van der Waals surface area (Å²) >= 11 is 0. The molecular formula is C11H18N2O. The normalized spacial score (nSPS) is 34.1. The number of aromatic nitrogens is 2. The van der Waals surface area contributed by atoms with E-state index in [1.54, 1.807) is 6.20 Å². The van der Waals surface area contributed by atoms with Gasteiger partial charge in [-0.05, 0) is 11.3 Å². The molecule has 1 aromatic heterocycles. The molecule has 2 unspecified atom stereocenters. The van der Waals surface area contributed by atoms with Gasteiger partial charge in [-0.2, -0.15) is 0 Å². The lowest BCUT2D eigenvalue weighted by molar-refractivity contribution is 0.205. The summed E-state index contributed by atoms with van der Waals surface area (Å²) in [5.74, 6) is 1.41. The average molecular weight is 194 g/mol. The summed E-state index contributed by atoms with van der Waals surface area (Å²) in [5, 5.41) is 6.72. The smallest absolute Gasteiger partial charge is 0.232 e. The van der Waals surface area contributed by atoms with E-state index in [4.69, 9.17) is 4.74 Å². The zero-order chi connectivity index (χ0) is 10.4. The van der Waals surface area contributed by atoms with E-state index in [0.717, 1.165) is 6.61 Å². The fourth-order valence-corrected chi connectivity index (χ4v) is 2.24. The molecular weight excluding hydrogens is 176 g/mol. The molecule has 0 aliphatic heterocycles. The number of aromatic amines is 1. The minimum atomic E-state index is 0.298. The van der Waals surface area contributed by atoms with Crippen molar-refractivity contribution in [2.75, 3.05) is 6.61 Å². The van der Waals surface area contributed by atoms with Crippen LogP contribution in [0.15, 0.2) is 12.3 Å². The van der Waals surface area contributed by atoms with Crippen molar-refractivity contribution in [3.63, 3.8) is 0 Å². The van der Waals surface area contributed by atoms with Gasteiger partial charge in [-0.25, -0.2) is 0 Å². The number of hydrogen-bond acceptors (Lipinski definition) is 2. The van der Waals surface area contributed by atoms with Crippen molar-refractivity contribution in [1.82, 2.24) is 10.2 Å². The van der Waals surface area contributed by atoms with Crippen molar-refractivity contribution in [2.45, 2.75) is 27.7 Å². The Morgan fingerprint density at radius 3 is 2.57 bits per heavy atom. The summed E-state index contributed by atoms with van der Waals surface area (Å²) in [6, 6.07) is 1.85. The lowest BCUT2D eigenvalue weighted by atomic mass is 9.99. The first-order chi connectivity index (χ1) is 6.48. The Balaban J connectivity index is 1.94. The lowest BCUT2D eigenvalue weighted by Crippen LogP contribution is -2.15. The van der Waals surface area contributed by atoms with Gasteiger partial charge in [-0.3, -0.25) is 5.10 Å². The first-order valence-corrected chi connectivity index (χ1v) is 5.11. The van der Waals surface area contributed by atoms with E-state index in [1.807, 2.05) is 6.07 Å². The standard InChI is InChI=1S/C11H18N2O/c1-8-10(2,3)11(8,4)7-14-9-5-6-12-13-9/h5-6,8H,7H2,1-4H3,(H,12,13). The molecule has 1 aliphatic carbocycles. The van der Waals surface area contributed by atoms with Gasteiger partial charge in [-0.15, -0.1) is 5.10 Å². The molecule has 2 rings (SSSR count). The van der Waals surface area contributed by atoms with Crippen LogP contribution in [-0.2, 0) is 0 Å². The van der Waals surface area contributed by atoms with Gasteiger partial charge in [0.05, 0.1) is 6.61 Å². The van der Waals surface area contributed by atoms with Crippen molar-refractivity contribution < 1.29 is 4.74 Å². The fraction of sp³-hybridized carbons (Fsp3) is 0.727. The lowest BCUT2D eigenvalue weighted by Gasteiger charge is -2.14. The van der Waals surface area contributed by atoms with Crippen molar-refractivity contribution in [2.24, 2.45) is 16.7 Å². The van der Waals surface area contributed by atoms with Crippen LogP contribution in [0.1, 0.15) is 27.7 Å². The summed E-state index contributed by atoms with van der Waals surface area (Å²) in [6.45, 7) is 9.92. The maximum Gasteiger partial charge on any atom is 0.232 e. The highest BCUT2D eigenvalue weighted by atomic mass is 16.5. The summed E-state index contributed by atoms with van der Waals surface area (Å²) < 4.78 is 5.64. The Labute approximate surface area is 84.9 Å². The molecule has 14 heavy (non-hydrogen) atoms. The van der Waals surface area contributed by atoms with Crippen LogP contribution >= 0.6 is 0 Å². The molecule has 3 nitrogen and oxygen atoms in total. The van der Waals surface area contributed by atoms with E-state index in [-0.39, 0.29) is 0 Å². The number of ether oxygens (including phenoxy) is 1. The van der Waals surface area contributed by atoms with Crippen LogP contribution in [0.25, 0.3) is 0 Å². The molecule has 1 aromatic rings. The minimum absolute atomic E-state index is 0.298. The summed E-state index contributed by atoms with van der Waals surface area (Å²) in [7, 11) is 0. The molecule has 0 radical (unpaired) electrons. The second-order valence-corrected chi connectivity index (χ2v) is 5.06. The number of hydrogen-bond donors (Lipinski definition) is 1. The molecule has 78 valence electrons. The number of nitrogens with one attached hydrogen (secondary N) is 1. The monoisotopic (exact) mass is 194 g/mol. The Morgan fingerprint density at radius 1 is 1.50 bits per heavy atom. The molecule has 1 N–H and O–H groups in total. The van der Waals surface area contributed by atoms with Gasteiger partial charge in [0.25, 0.3) is 0 Å². The van der Waals surface area contributed by atoms with Crippen LogP contribution < -0.4 is 4.74 Å². The van der Waals surface area contributed by atoms with E-state index < -0.39 is 0 Å². The van der Waals surface area contributed by atoms with Crippen LogP contribution in [0.3, 0.4) is 0 Å². The average Bonchev–Trinajstić information content (AvgIpc) is 2.63. The van der Waals surface area contributed by atoms with E-state index in [0.29, 0.717) is 22.6 Å². The molecule has 0 amide bonds. The third-order valence-electron chi connectivity index (χ3n) is 4.42. The minimum Gasteiger partial charge on any atom is -0.476 e. The number of nitrogens with zero attached hydrogens (tertiary/aromatic N) is 1. The largest absolute Gasteiger partial charge is 0.476 e. The van der Waals surface area contributed by atoms with Crippen molar-refractivity contribution in [1.29, 1.82) is 0 Å². The Bertz CT molecular complexity index is 318. The van der Waals surface area contributed by atoms with Gasteiger partial charge in [0.2, 0.25) is 5.88 Å². The van der Waals surface area contributed by atoms with E-state index in [9.17, 15) is 0 Å². The second kappa shape index (κ2) is 2.75. The van der Waals surface area contributed by atoms with E-state index in [1.165, 1.54) is 0 Å². The highest BCUT2D eigenvalue weighted by Gasteiger charge is 2.65. The van der Waals surface area contributed by atoms with Crippen molar-refractivity contribution >= 4 is 0 Å². The maximum atomic E-state index is 5.64. The molecule has 0 saturated heterocycles. The van der Waals surface area contributed by atoms with Gasteiger partial charge in [0.15, 0.2) is 0 Å². The highest BCUT2D eigenvalue weighted by molar-refractivity contribution is 5.14. The molecule has 1 aliphatic rings. The molecule has 0 spiro atoms. The Morgan fingerprint density at radius 2 is 2.14 bits per heavy atom. The van der Waals surface area contributed by atoms with Gasteiger partial charge in [-0.1, -0.05) is 27.7 Å². The summed E-state index contributed by atoms with van der Waals surface area (Å²) in [6.07, 6.45) is 1.78. The second-order valence-electron chi connectivity index (χ2n) is 5.06. The predicted octanol–water partition coefficient (Wildman–Crippen LogP) is 2.47. The zero-order valence-corrected chi connectivity index (χ0v) is 9.29. The summed E-state index contributed by atoms with van der Waals surface area (Å²) in [4.78, 5) is 0. The third kappa shape index (κ3) is 1.15. The molecule has 0 bridgehead atoms. The van der Waals surface area contributed by atoms with Crippen LogP contribution in [0, 0.1) is 16.7 Å². The van der Waals surface area contributed by atoms with Crippen molar-refractivity contribution in [3.05, 3.63) is 12.3 Å². The van der Waals surface area contributed by atoms with E-state index in [2.05, 4.69) is 37.9 Å². The Hall–Kier alpha value is -0.990. The number of H-pyrrole nitrogens is 1. The first kappa shape index (κ1) is 9.56. The fourth-order valence-electron chi connectivity index (χ4n) is 2.24. The van der Waals surface area contributed by atoms with Crippen LogP contribution in [0.5, 0.6) is 5.88 Å². The van der Waals surface area contributed by atoms with Crippen LogP contribution in [0.2, 0.25) is 0 Å². The van der Waals surface area contributed by atoms with Gasteiger partial charge in [0.1, 0.15) is 0 Å². The zero-order valence-electron chi connectivity index (χ0n) is 9.29. The molecule has 1 saturated carbocycles. The topological polar surface area (TPSA) is 37.9 Å². The molecule has 0 aromatic carbocycles. The predicted molar refractivity (Wildman–Crippen MR) is 55.1 cm³/mol. The highest BCUT2D eigenvalue weighted by Crippen LogP contribution is 2.68. The van der Waals surface area contributed by atoms with Gasteiger partial charge in [0, 0.05) is 17.7 Å². The maximum absolute atomic E-state index is 5.64. The third-order valence-corrected chi connectivity index (χ3v) is 4.42. The Kier molecular flexibility index (Phi) is 1.88. The molecule has 1 fully saturated rings.